The van der Waals surface area contributed by atoms with Crippen molar-refractivity contribution < 1.29 is 9.18 Å². The normalized spacial score (nSPS) is 20.0. The van der Waals surface area contributed by atoms with Gasteiger partial charge in [-0.25, -0.2) is 4.39 Å². The van der Waals surface area contributed by atoms with Crippen LogP contribution in [0.15, 0.2) is 76.9 Å². The molecule has 1 fully saturated rings. The molecule has 0 spiro atoms. The SMILES string of the molecule is C#CC1CCC2=CC(C)=C(C=C(C)C)CC21C.Cc1ccc(C)c(C(N)=O)c1.Cc1ccc(F)cc1. The van der Waals surface area contributed by atoms with Crippen LogP contribution in [0.1, 0.15) is 74.0 Å². The van der Waals surface area contributed by atoms with Crippen LogP contribution in [0.25, 0.3) is 0 Å². The Kier molecular flexibility index (Phi) is 10.1. The minimum absolute atomic E-state index is 0.171. The van der Waals surface area contributed by atoms with Crippen LogP contribution in [-0.2, 0) is 0 Å². The Morgan fingerprint density at radius 1 is 1.08 bits per heavy atom. The van der Waals surface area contributed by atoms with E-state index in [2.05, 4.69) is 45.8 Å². The second kappa shape index (κ2) is 12.5. The number of hydrogen-bond donors (Lipinski definition) is 1. The third-order valence-electron chi connectivity index (χ3n) is 6.99. The molecule has 2 aliphatic rings. The number of carbonyl (C=O) groups excluding carboxylic acids is 1. The molecule has 1 amide bonds. The van der Waals surface area contributed by atoms with Crippen molar-refractivity contribution >= 4 is 5.91 Å². The molecule has 0 aliphatic heterocycles. The lowest BCUT2D eigenvalue weighted by molar-refractivity contribution is 0.0999. The first-order valence-electron chi connectivity index (χ1n) is 12.5. The highest BCUT2D eigenvalue weighted by molar-refractivity contribution is 5.94. The van der Waals surface area contributed by atoms with Crippen molar-refractivity contribution in [1.82, 2.24) is 0 Å². The third-order valence-corrected chi connectivity index (χ3v) is 6.99. The summed E-state index contributed by atoms with van der Waals surface area (Å²) >= 11 is 0. The van der Waals surface area contributed by atoms with Gasteiger partial charge in [-0.1, -0.05) is 65.6 Å². The minimum atomic E-state index is -0.355. The standard InChI is InChI=1S/C17H22.C9H11NO.C7H7F/c1-6-15-7-8-16-10-13(4)14(9-12(2)3)11-17(15,16)5;1-6-3-4-7(2)8(5-6)9(10)11;1-6-2-4-7(8)5-3-6/h1,9-10,15H,7-8,11H2,2-5H3;3-5H,1-2H3,(H2,10,11);2-5H,1H3. The van der Waals surface area contributed by atoms with Crippen LogP contribution in [0, 0.1) is 50.3 Å². The van der Waals surface area contributed by atoms with Gasteiger partial charge in [0.1, 0.15) is 5.82 Å². The van der Waals surface area contributed by atoms with Crippen molar-refractivity contribution in [2.45, 2.75) is 67.7 Å². The van der Waals surface area contributed by atoms with Gasteiger partial charge in [-0.2, -0.15) is 0 Å². The monoisotopic (exact) mass is 485 g/mol. The first kappa shape index (κ1) is 28.9. The second-order valence-electron chi connectivity index (χ2n) is 10.4. The highest BCUT2D eigenvalue weighted by atomic mass is 19.1. The summed E-state index contributed by atoms with van der Waals surface area (Å²) in [6, 6.07) is 12.1. The largest absolute Gasteiger partial charge is 0.366 e. The summed E-state index contributed by atoms with van der Waals surface area (Å²) in [4.78, 5) is 10.8. The molecule has 2 aromatic rings. The highest BCUT2D eigenvalue weighted by Gasteiger charge is 2.43. The van der Waals surface area contributed by atoms with Gasteiger partial charge in [0.2, 0.25) is 5.91 Å². The number of benzene rings is 2. The Balaban J connectivity index is 0.000000206. The molecule has 4 rings (SSSR count). The van der Waals surface area contributed by atoms with Gasteiger partial charge in [0.15, 0.2) is 0 Å². The maximum absolute atomic E-state index is 12.1. The van der Waals surface area contributed by atoms with Gasteiger partial charge in [-0.3, -0.25) is 4.79 Å². The Hall–Kier alpha value is -3.38. The fourth-order valence-corrected chi connectivity index (χ4v) is 4.81. The molecule has 0 bridgehead atoms. The quantitative estimate of drug-likeness (QED) is 0.428. The average molecular weight is 486 g/mol. The van der Waals surface area contributed by atoms with Gasteiger partial charge < -0.3 is 5.73 Å². The van der Waals surface area contributed by atoms with Gasteiger partial charge >= 0.3 is 0 Å². The number of hydrogen-bond acceptors (Lipinski definition) is 1. The Morgan fingerprint density at radius 2 is 1.69 bits per heavy atom. The Labute approximate surface area is 217 Å². The highest BCUT2D eigenvalue weighted by Crippen LogP contribution is 2.54. The molecule has 1 saturated carbocycles. The molecule has 36 heavy (non-hydrogen) atoms. The predicted octanol–water partition coefficient (Wildman–Crippen LogP) is 8.19. The van der Waals surface area contributed by atoms with E-state index in [0.717, 1.165) is 29.5 Å². The third kappa shape index (κ3) is 7.56. The van der Waals surface area contributed by atoms with Crippen molar-refractivity contribution in [2.75, 3.05) is 0 Å². The van der Waals surface area contributed by atoms with Crippen molar-refractivity contribution in [1.29, 1.82) is 0 Å². The van der Waals surface area contributed by atoms with Crippen LogP contribution in [0.3, 0.4) is 0 Å². The molecule has 2 atom stereocenters. The number of terminal acetylenes is 1. The number of nitrogens with two attached hydrogens (primary N) is 1. The number of aryl methyl sites for hydroxylation is 3. The summed E-state index contributed by atoms with van der Waals surface area (Å²) < 4.78 is 12.1. The van der Waals surface area contributed by atoms with Crippen LogP contribution in [0.5, 0.6) is 0 Å². The first-order valence-corrected chi connectivity index (χ1v) is 12.5. The lowest BCUT2D eigenvalue weighted by Crippen LogP contribution is -2.25. The van der Waals surface area contributed by atoms with Crippen LogP contribution in [0.4, 0.5) is 4.39 Å². The van der Waals surface area contributed by atoms with Crippen LogP contribution >= 0.6 is 0 Å². The summed E-state index contributed by atoms with van der Waals surface area (Å²) in [5, 5.41) is 0. The van der Waals surface area contributed by atoms with E-state index in [-0.39, 0.29) is 17.1 Å². The molecule has 190 valence electrons. The number of fused-ring (bicyclic) bond motifs is 1. The molecule has 0 heterocycles. The van der Waals surface area contributed by atoms with Gasteiger partial charge in [-0.05, 0) is 95.7 Å². The molecule has 2 aliphatic carbocycles. The topological polar surface area (TPSA) is 43.1 Å². The number of rotatable bonds is 2. The minimum Gasteiger partial charge on any atom is -0.366 e. The van der Waals surface area contributed by atoms with Crippen molar-refractivity contribution in [3.8, 4) is 12.3 Å². The van der Waals surface area contributed by atoms with Gasteiger partial charge in [-0.15, -0.1) is 12.3 Å². The van der Waals surface area contributed by atoms with Crippen molar-refractivity contribution in [3.05, 3.63) is 105 Å². The van der Waals surface area contributed by atoms with Crippen LogP contribution < -0.4 is 5.73 Å². The smallest absolute Gasteiger partial charge is 0.248 e. The van der Waals surface area contributed by atoms with E-state index in [1.165, 1.54) is 35.3 Å². The number of halogens is 1. The van der Waals surface area contributed by atoms with Gasteiger partial charge in [0.25, 0.3) is 0 Å². The maximum Gasteiger partial charge on any atom is 0.248 e. The summed E-state index contributed by atoms with van der Waals surface area (Å²) in [5.74, 6) is 2.90. The number of amides is 1. The lowest BCUT2D eigenvalue weighted by atomic mass is 9.69. The number of primary amides is 1. The van der Waals surface area contributed by atoms with Gasteiger partial charge in [0.05, 0.1) is 0 Å². The molecule has 2 unspecified atom stereocenters. The number of carbonyl (C=O) groups is 1. The van der Waals surface area contributed by atoms with Crippen molar-refractivity contribution in [3.63, 3.8) is 0 Å². The zero-order chi connectivity index (χ0) is 27.0. The Morgan fingerprint density at radius 3 is 2.19 bits per heavy atom. The summed E-state index contributed by atoms with van der Waals surface area (Å²) in [7, 11) is 0. The zero-order valence-electron chi connectivity index (χ0n) is 22.8. The van der Waals surface area contributed by atoms with Crippen LogP contribution in [0.2, 0.25) is 0 Å². The fourth-order valence-electron chi connectivity index (χ4n) is 4.81. The maximum atomic E-state index is 12.1. The van der Waals surface area contributed by atoms with E-state index >= 15 is 0 Å². The Bertz CT molecular complexity index is 1200. The molecule has 0 aromatic heterocycles. The molecule has 2 N–H and O–H groups in total. The predicted molar refractivity (Wildman–Crippen MR) is 150 cm³/mol. The molecule has 0 radical (unpaired) electrons. The van der Waals surface area contributed by atoms with Gasteiger partial charge in [0, 0.05) is 16.9 Å². The first-order chi connectivity index (χ1) is 16.9. The van der Waals surface area contributed by atoms with E-state index < -0.39 is 0 Å². The molecule has 0 saturated heterocycles. The van der Waals surface area contributed by atoms with E-state index in [9.17, 15) is 9.18 Å². The van der Waals surface area contributed by atoms with Crippen LogP contribution in [-0.4, -0.2) is 5.91 Å². The summed E-state index contributed by atoms with van der Waals surface area (Å²) in [6.45, 7) is 14.6. The molecule has 2 aromatic carbocycles. The molecular formula is C33H40FNO. The zero-order valence-corrected chi connectivity index (χ0v) is 22.8. The second-order valence-corrected chi connectivity index (χ2v) is 10.4. The summed E-state index contributed by atoms with van der Waals surface area (Å²) in [6.07, 6.45) is 13.9. The van der Waals surface area contributed by atoms with Crippen molar-refractivity contribution in [2.24, 2.45) is 17.1 Å². The van der Waals surface area contributed by atoms with E-state index in [0.29, 0.717) is 11.5 Å². The van der Waals surface area contributed by atoms with E-state index in [1.54, 1.807) is 23.8 Å². The summed E-state index contributed by atoms with van der Waals surface area (Å²) in [5.41, 5.74) is 14.9. The fraction of sp³-hybridized carbons (Fsp3) is 0.364. The van der Waals surface area contributed by atoms with E-state index in [1.807, 2.05) is 32.9 Å². The average Bonchev–Trinajstić information content (AvgIpc) is 3.13. The lowest BCUT2D eigenvalue weighted by Gasteiger charge is -2.35. The van der Waals surface area contributed by atoms with E-state index in [4.69, 9.17) is 12.2 Å². The molecule has 3 heteroatoms. The number of allylic oxidation sites excluding steroid dienone is 6. The molecule has 2 nitrogen and oxygen atoms in total. The molecular weight excluding hydrogens is 445 g/mol.